The average Bonchev–Trinajstić information content (AvgIpc) is 2.96. The SMILES string of the molecule is CCC[CH2][Sn]([CH2]CCC)([CH2]CCC)[C@@H]1O[C@@H](OC)[C@H](OCc2ccccc2)[C@@H](OCc2ccccc2)[C@@H]1O. The number of aliphatic hydroxyl groups is 1. The summed E-state index contributed by atoms with van der Waals surface area (Å²) in [6, 6.07) is 20.3. The van der Waals surface area contributed by atoms with Gasteiger partial charge in [-0.2, -0.15) is 0 Å². The normalized spacial score (nSPS) is 24.0. The van der Waals surface area contributed by atoms with Crippen LogP contribution in [0.25, 0.3) is 0 Å². The molecule has 0 spiro atoms. The van der Waals surface area contributed by atoms with Crippen molar-refractivity contribution in [1.82, 2.24) is 0 Å². The number of aliphatic hydroxyl groups excluding tert-OH is 1. The molecular formula is C32H50O5Sn. The molecule has 2 aromatic carbocycles. The van der Waals surface area contributed by atoms with Gasteiger partial charge in [0.15, 0.2) is 0 Å². The summed E-state index contributed by atoms with van der Waals surface area (Å²) in [4.78, 5) is 0. The number of hydrogen-bond donors (Lipinski definition) is 1. The van der Waals surface area contributed by atoms with E-state index < -0.39 is 43.0 Å². The molecule has 0 aliphatic carbocycles. The number of unbranched alkanes of at least 4 members (excludes halogenated alkanes) is 3. The van der Waals surface area contributed by atoms with Crippen molar-refractivity contribution >= 4 is 18.4 Å². The molecule has 1 N–H and O–H groups in total. The molecule has 5 atom stereocenters. The number of benzene rings is 2. The predicted molar refractivity (Wildman–Crippen MR) is 157 cm³/mol. The molecule has 38 heavy (non-hydrogen) atoms. The summed E-state index contributed by atoms with van der Waals surface area (Å²) in [5, 5.41) is 12.1. The van der Waals surface area contributed by atoms with E-state index >= 15 is 0 Å². The van der Waals surface area contributed by atoms with E-state index in [1.165, 1.54) is 51.8 Å². The molecule has 0 amide bonds. The Kier molecular flexibility index (Phi) is 14.1. The fourth-order valence-corrected chi connectivity index (χ4v) is 23.3. The van der Waals surface area contributed by atoms with Crippen LogP contribution in [-0.4, -0.2) is 59.3 Å². The van der Waals surface area contributed by atoms with Gasteiger partial charge in [0.1, 0.15) is 0 Å². The van der Waals surface area contributed by atoms with Crippen LogP contribution in [0.1, 0.15) is 70.4 Å². The molecule has 0 bridgehead atoms. The first kappa shape index (κ1) is 31.6. The first-order chi connectivity index (χ1) is 18.6. The van der Waals surface area contributed by atoms with Crippen LogP contribution in [-0.2, 0) is 32.2 Å². The van der Waals surface area contributed by atoms with E-state index in [1.807, 2.05) is 48.5 Å². The second kappa shape index (κ2) is 17.0. The molecule has 1 aliphatic heterocycles. The summed E-state index contributed by atoms with van der Waals surface area (Å²) >= 11 is -3.01. The van der Waals surface area contributed by atoms with Crippen molar-refractivity contribution in [1.29, 1.82) is 0 Å². The summed E-state index contributed by atoms with van der Waals surface area (Å²) < 4.78 is 29.3. The summed E-state index contributed by atoms with van der Waals surface area (Å²) in [5.74, 6) is 0. The van der Waals surface area contributed by atoms with Gasteiger partial charge < -0.3 is 0 Å². The molecule has 0 aromatic heterocycles. The predicted octanol–water partition coefficient (Wildman–Crippen LogP) is 7.28. The minimum atomic E-state index is -3.01. The van der Waals surface area contributed by atoms with Gasteiger partial charge in [0.25, 0.3) is 0 Å². The molecule has 3 rings (SSSR count). The molecule has 6 heteroatoms. The van der Waals surface area contributed by atoms with Gasteiger partial charge in [0.05, 0.1) is 0 Å². The van der Waals surface area contributed by atoms with Crippen molar-refractivity contribution in [3.63, 3.8) is 0 Å². The third-order valence-corrected chi connectivity index (χ3v) is 24.4. The molecule has 2 aromatic rings. The Morgan fingerprint density at radius 3 is 1.58 bits per heavy atom. The fourth-order valence-electron chi connectivity index (χ4n) is 5.81. The first-order valence-electron chi connectivity index (χ1n) is 14.8. The number of rotatable bonds is 17. The Morgan fingerprint density at radius 2 is 1.16 bits per heavy atom. The standard InChI is InChI=1S/C20H23O5.3C4H9.Sn/c1-22-20-19(24-13-16-10-6-3-7-11-16)18(17(21)14-25-20)23-12-15-8-4-2-5-9-15;3*1-3-4-2;/h2-11,14,17-21H,12-13H2,1H3;3*1,3-4H2,2H3;/t17-,18+,19-,20-;;;;/m1..../s1. The van der Waals surface area contributed by atoms with Gasteiger partial charge in [0, 0.05) is 0 Å². The van der Waals surface area contributed by atoms with Gasteiger partial charge in [-0.25, -0.2) is 0 Å². The second-order valence-corrected chi connectivity index (χ2v) is 24.5. The molecule has 212 valence electrons. The van der Waals surface area contributed by atoms with Crippen molar-refractivity contribution in [3.05, 3.63) is 71.8 Å². The first-order valence-corrected chi connectivity index (χ1v) is 22.5. The zero-order chi connectivity index (χ0) is 27.2. The quantitative estimate of drug-likeness (QED) is 0.186. The summed E-state index contributed by atoms with van der Waals surface area (Å²) in [5.41, 5.74) is 2.15. The molecule has 1 heterocycles. The molecule has 1 aliphatic rings. The Hall–Kier alpha value is -0.961. The van der Waals surface area contributed by atoms with E-state index in [4.69, 9.17) is 18.9 Å². The Balaban J connectivity index is 1.93. The summed E-state index contributed by atoms with van der Waals surface area (Å²) in [7, 11) is 1.69. The number of ether oxygens (including phenoxy) is 4. The maximum atomic E-state index is 12.1. The Labute approximate surface area is 235 Å². The van der Waals surface area contributed by atoms with Crippen LogP contribution >= 0.6 is 0 Å². The van der Waals surface area contributed by atoms with Crippen LogP contribution in [0.4, 0.5) is 0 Å². The topological polar surface area (TPSA) is 57.2 Å². The van der Waals surface area contributed by atoms with Crippen LogP contribution in [0.5, 0.6) is 0 Å². The third kappa shape index (κ3) is 8.77. The van der Waals surface area contributed by atoms with Gasteiger partial charge in [-0.1, -0.05) is 0 Å². The van der Waals surface area contributed by atoms with E-state index in [0.29, 0.717) is 13.2 Å². The molecule has 5 nitrogen and oxygen atoms in total. The molecule has 0 saturated carbocycles. The van der Waals surface area contributed by atoms with Crippen LogP contribution in [0.15, 0.2) is 60.7 Å². The maximum absolute atomic E-state index is 12.1. The van der Waals surface area contributed by atoms with E-state index in [2.05, 4.69) is 32.9 Å². The average molecular weight is 633 g/mol. The van der Waals surface area contributed by atoms with E-state index in [9.17, 15) is 5.11 Å². The van der Waals surface area contributed by atoms with Gasteiger partial charge in [-0.3, -0.25) is 0 Å². The van der Waals surface area contributed by atoms with Crippen molar-refractivity contribution in [2.45, 2.75) is 115 Å². The molecule has 1 fully saturated rings. The van der Waals surface area contributed by atoms with E-state index in [-0.39, 0.29) is 4.12 Å². The molecule has 0 radical (unpaired) electrons. The van der Waals surface area contributed by atoms with Crippen molar-refractivity contribution < 1.29 is 24.1 Å². The van der Waals surface area contributed by atoms with Gasteiger partial charge in [-0.15, -0.1) is 0 Å². The summed E-state index contributed by atoms with van der Waals surface area (Å²) in [6.45, 7) is 7.63. The number of hydrogen-bond acceptors (Lipinski definition) is 5. The Bertz CT molecular complexity index is 858. The molecular weight excluding hydrogens is 583 g/mol. The second-order valence-electron chi connectivity index (χ2n) is 10.8. The van der Waals surface area contributed by atoms with Crippen LogP contribution in [0.2, 0.25) is 13.3 Å². The summed E-state index contributed by atoms with van der Waals surface area (Å²) in [6.07, 6.45) is 4.77. The molecule has 1 saturated heterocycles. The van der Waals surface area contributed by atoms with Crippen LogP contribution < -0.4 is 0 Å². The zero-order valence-electron chi connectivity index (χ0n) is 24.0. The van der Waals surface area contributed by atoms with Gasteiger partial charge in [-0.05, 0) is 0 Å². The Morgan fingerprint density at radius 1 is 0.711 bits per heavy atom. The monoisotopic (exact) mass is 634 g/mol. The van der Waals surface area contributed by atoms with Gasteiger partial charge >= 0.3 is 236 Å². The minimum absolute atomic E-state index is 0.170. The molecule has 0 unspecified atom stereocenters. The van der Waals surface area contributed by atoms with Crippen molar-refractivity contribution in [3.8, 4) is 0 Å². The van der Waals surface area contributed by atoms with Gasteiger partial charge in [0.2, 0.25) is 0 Å². The van der Waals surface area contributed by atoms with Crippen molar-refractivity contribution in [2.24, 2.45) is 0 Å². The number of methoxy groups -OCH3 is 1. The van der Waals surface area contributed by atoms with E-state index in [1.54, 1.807) is 7.11 Å². The van der Waals surface area contributed by atoms with Crippen LogP contribution in [0, 0.1) is 0 Å². The van der Waals surface area contributed by atoms with Crippen molar-refractivity contribution in [2.75, 3.05) is 7.11 Å². The fraction of sp³-hybridized carbons (Fsp3) is 0.625. The zero-order valence-corrected chi connectivity index (χ0v) is 26.9. The third-order valence-electron chi connectivity index (χ3n) is 8.01. The van der Waals surface area contributed by atoms with Crippen LogP contribution in [0.3, 0.4) is 0 Å². The van der Waals surface area contributed by atoms with E-state index in [0.717, 1.165) is 11.1 Å².